The highest BCUT2D eigenvalue weighted by atomic mass is 16.5. The molecule has 1 N–H and O–H groups in total. The Morgan fingerprint density at radius 3 is 2.40 bits per heavy atom. The third-order valence-electron chi connectivity index (χ3n) is 3.95. The Morgan fingerprint density at radius 1 is 1.25 bits per heavy atom. The highest BCUT2D eigenvalue weighted by molar-refractivity contribution is 5.66. The van der Waals surface area contributed by atoms with Crippen LogP contribution in [0.4, 0.5) is 5.69 Å². The third kappa shape index (κ3) is 3.01. The van der Waals surface area contributed by atoms with Gasteiger partial charge in [-0.3, -0.25) is 0 Å². The zero-order valence-corrected chi connectivity index (χ0v) is 12.5. The minimum atomic E-state index is 0. The number of hydrogen-bond donors (Lipinski definition) is 1. The molecule has 0 spiro atoms. The van der Waals surface area contributed by atoms with Gasteiger partial charge in [-0.25, -0.2) is 0 Å². The number of nitrogens with zero attached hydrogens (tertiary/aromatic N) is 1. The molecule has 1 unspecified atom stereocenters. The zero-order valence-electron chi connectivity index (χ0n) is 12.5. The topological polar surface area (TPSA) is 33.7 Å². The largest absolute Gasteiger partial charge is 0.493 e. The fourth-order valence-corrected chi connectivity index (χ4v) is 2.60. The van der Waals surface area contributed by atoms with Crippen molar-refractivity contribution in [2.24, 2.45) is 0 Å². The lowest BCUT2D eigenvalue weighted by Crippen LogP contribution is -2.29. The fourth-order valence-electron chi connectivity index (χ4n) is 2.60. The van der Waals surface area contributed by atoms with Crippen molar-refractivity contribution in [2.75, 3.05) is 46.7 Å². The van der Waals surface area contributed by atoms with Crippen molar-refractivity contribution in [1.29, 1.82) is 0 Å². The lowest BCUT2D eigenvalue weighted by atomic mass is 9.81. The Bertz CT molecular complexity index is 466. The summed E-state index contributed by atoms with van der Waals surface area (Å²) in [6.45, 7) is 4.35. The molecule has 0 bridgehead atoms. The van der Waals surface area contributed by atoms with E-state index >= 15 is 0 Å². The van der Waals surface area contributed by atoms with Crippen LogP contribution in [0.2, 0.25) is 0 Å². The van der Waals surface area contributed by atoms with E-state index in [-0.39, 0.29) is 14.3 Å². The molecule has 1 atom stereocenters. The summed E-state index contributed by atoms with van der Waals surface area (Å²) < 4.78 is 10.8. The first-order valence-corrected chi connectivity index (χ1v) is 6.65. The molecule has 1 aromatic rings. The van der Waals surface area contributed by atoms with Crippen molar-refractivity contribution < 1.29 is 10.9 Å². The molecule has 0 radical (unpaired) electrons. The number of hydrogen-bond acceptors (Lipinski definition) is 4. The van der Waals surface area contributed by atoms with Crippen molar-refractivity contribution in [3.8, 4) is 11.5 Å². The van der Waals surface area contributed by atoms with Gasteiger partial charge in [0.1, 0.15) is 0 Å². The number of methoxy groups -OCH3 is 2. The summed E-state index contributed by atoms with van der Waals surface area (Å²) in [5.41, 5.74) is 2.64. The van der Waals surface area contributed by atoms with Crippen LogP contribution in [0, 0.1) is 0 Å². The van der Waals surface area contributed by atoms with E-state index in [1.165, 1.54) is 11.3 Å². The van der Waals surface area contributed by atoms with E-state index in [1.807, 2.05) is 6.07 Å². The fraction of sp³-hybridized carbons (Fsp3) is 0.625. The predicted octanol–water partition coefficient (Wildman–Crippen LogP) is 3.22. The number of rotatable bonds is 5. The molecule has 0 aliphatic carbocycles. The van der Waals surface area contributed by atoms with Crippen LogP contribution in [0.3, 0.4) is 0 Å². The number of nitrogens with one attached hydrogen (secondary N) is 1. The minimum absolute atomic E-state index is 0. The summed E-state index contributed by atoms with van der Waals surface area (Å²) >= 11 is 0. The average molecular weight is 282 g/mol. The molecule has 0 aromatic heterocycles. The monoisotopic (exact) mass is 282 g/mol. The molecule has 4 nitrogen and oxygen atoms in total. The predicted molar refractivity (Wildman–Crippen MR) is 87.4 cm³/mol. The maximum atomic E-state index is 5.42. The van der Waals surface area contributed by atoms with Gasteiger partial charge in [0, 0.05) is 25.1 Å². The molecule has 0 fully saturated rings. The summed E-state index contributed by atoms with van der Waals surface area (Å²) in [6, 6.07) is 4.15. The normalized spacial score (nSPS) is 20.1. The number of anilines is 1. The van der Waals surface area contributed by atoms with Crippen molar-refractivity contribution in [3.63, 3.8) is 0 Å². The van der Waals surface area contributed by atoms with Gasteiger partial charge in [0.05, 0.1) is 14.2 Å². The Kier molecular flexibility index (Phi) is 5.28. The van der Waals surface area contributed by atoms with Crippen LogP contribution in [-0.4, -0.2) is 46.3 Å². The van der Waals surface area contributed by atoms with Gasteiger partial charge >= 0.3 is 0 Å². The molecule has 1 aliphatic rings. The van der Waals surface area contributed by atoms with Crippen molar-refractivity contribution in [1.82, 2.24) is 4.90 Å². The quantitative estimate of drug-likeness (QED) is 0.899. The SMILES string of the molecule is C.COc1cc2c(cc1OC)C(C)(CCN(C)C)CN2.[HH]. The first-order chi connectivity index (χ1) is 9.00. The van der Waals surface area contributed by atoms with E-state index in [1.54, 1.807) is 14.2 Å². The van der Waals surface area contributed by atoms with Crippen LogP contribution in [0.25, 0.3) is 0 Å². The molecule has 1 heterocycles. The zero-order chi connectivity index (χ0) is 14.0. The lowest BCUT2D eigenvalue weighted by molar-refractivity contribution is 0.338. The third-order valence-corrected chi connectivity index (χ3v) is 3.95. The van der Waals surface area contributed by atoms with Crippen molar-refractivity contribution >= 4 is 5.69 Å². The summed E-state index contributed by atoms with van der Waals surface area (Å²) in [5, 5.41) is 3.49. The maximum Gasteiger partial charge on any atom is 0.162 e. The molecule has 2 rings (SSSR count). The second kappa shape index (κ2) is 6.35. The average Bonchev–Trinajstić information content (AvgIpc) is 2.72. The minimum Gasteiger partial charge on any atom is -0.493 e. The molecule has 20 heavy (non-hydrogen) atoms. The molecule has 116 valence electrons. The molecule has 0 saturated heterocycles. The van der Waals surface area contributed by atoms with Gasteiger partial charge in [-0.1, -0.05) is 14.4 Å². The number of fused-ring (bicyclic) bond motifs is 1. The highest BCUT2D eigenvalue weighted by Gasteiger charge is 2.35. The Labute approximate surface area is 124 Å². The van der Waals surface area contributed by atoms with Gasteiger partial charge in [-0.05, 0) is 38.7 Å². The second-order valence-corrected chi connectivity index (χ2v) is 5.72. The molecule has 0 saturated carbocycles. The van der Waals surface area contributed by atoms with Crippen LogP contribution in [0.5, 0.6) is 11.5 Å². The molecular weight excluding hydrogens is 252 g/mol. The first-order valence-electron chi connectivity index (χ1n) is 6.65. The Morgan fingerprint density at radius 2 is 1.85 bits per heavy atom. The standard InChI is InChI=1S/C15H24N2O2.CH4.H2/c1-15(6-7-17(2)3)10-16-12-9-14(19-5)13(18-4)8-11(12)15;;/h8-9,16H,6-7,10H2,1-5H3;1H4;1H. The molecule has 4 heteroatoms. The second-order valence-electron chi connectivity index (χ2n) is 5.72. The number of benzene rings is 1. The molecule has 1 aromatic carbocycles. The summed E-state index contributed by atoms with van der Waals surface area (Å²) in [4.78, 5) is 2.23. The van der Waals surface area contributed by atoms with E-state index in [9.17, 15) is 0 Å². The smallest absolute Gasteiger partial charge is 0.162 e. The first kappa shape index (κ1) is 16.6. The van der Waals surface area contributed by atoms with Crippen LogP contribution < -0.4 is 14.8 Å². The van der Waals surface area contributed by atoms with Gasteiger partial charge < -0.3 is 19.7 Å². The highest BCUT2D eigenvalue weighted by Crippen LogP contribution is 2.44. The van der Waals surface area contributed by atoms with Crippen molar-refractivity contribution in [2.45, 2.75) is 26.2 Å². The number of ether oxygens (including phenoxy) is 2. The van der Waals surface area contributed by atoms with Gasteiger partial charge in [-0.15, -0.1) is 0 Å². The molecule has 1 aliphatic heterocycles. The van der Waals surface area contributed by atoms with Crippen LogP contribution in [-0.2, 0) is 5.41 Å². The van der Waals surface area contributed by atoms with Crippen LogP contribution >= 0.6 is 0 Å². The van der Waals surface area contributed by atoms with E-state index < -0.39 is 0 Å². The van der Waals surface area contributed by atoms with E-state index in [0.29, 0.717) is 0 Å². The van der Waals surface area contributed by atoms with E-state index in [4.69, 9.17) is 9.47 Å². The lowest BCUT2D eigenvalue weighted by Gasteiger charge is -2.26. The Balaban J connectivity index is 0.00000200. The summed E-state index contributed by atoms with van der Waals surface area (Å²) in [5.74, 6) is 1.59. The van der Waals surface area contributed by atoms with E-state index in [0.717, 1.165) is 31.0 Å². The van der Waals surface area contributed by atoms with Gasteiger partial charge in [0.15, 0.2) is 11.5 Å². The van der Waals surface area contributed by atoms with Crippen LogP contribution in [0.15, 0.2) is 12.1 Å². The molecular formula is C16H30N2O2. The summed E-state index contributed by atoms with van der Waals surface area (Å²) in [6.07, 6.45) is 1.12. The van der Waals surface area contributed by atoms with Crippen molar-refractivity contribution in [3.05, 3.63) is 17.7 Å². The Hall–Kier alpha value is -1.42. The molecule has 0 amide bonds. The van der Waals surface area contributed by atoms with Gasteiger partial charge in [0.2, 0.25) is 0 Å². The maximum absolute atomic E-state index is 5.42. The van der Waals surface area contributed by atoms with Gasteiger partial charge in [0.25, 0.3) is 0 Å². The van der Waals surface area contributed by atoms with E-state index in [2.05, 4.69) is 37.3 Å². The summed E-state index contributed by atoms with van der Waals surface area (Å²) in [7, 11) is 7.58. The van der Waals surface area contributed by atoms with Gasteiger partial charge in [-0.2, -0.15) is 0 Å². The van der Waals surface area contributed by atoms with Crippen LogP contribution in [0.1, 0.15) is 27.8 Å².